The van der Waals surface area contributed by atoms with Crippen LogP contribution in [-0.2, 0) is 0 Å². The first-order valence-electron chi connectivity index (χ1n) is 36.2. The van der Waals surface area contributed by atoms with E-state index in [0.717, 1.165) is 12.8 Å². The van der Waals surface area contributed by atoms with Crippen LogP contribution in [0.5, 0.6) is 0 Å². The minimum absolute atomic E-state index is 0.174. The molecule has 0 amide bonds. The standard InChI is InChI=1S/C64H110N18/c1-3-17-33-31(15-1)49-65-51(33)69-55-39-23-9-11-25-41(39)59(73-55)77-63-47-43(61(79-63)75-57-37-21-7-5-19-35(37)53(67-49)71-57)27-13-29-45(47)81-82-46-30-14-28-44-48(46)64-78-60-42-26-12-10-24-40(42)56(74-60)70-52-34-18-4-2-16-32(34)50(66-52)68-54-36-20-6-8-22-38(36)58(72-54)76-62(44)80-64/h31-80H,1-30H2. The van der Waals surface area contributed by atoms with Gasteiger partial charge in [0.25, 0.3) is 0 Å². The van der Waals surface area contributed by atoms with Gasteiger partial charge >= 0.3 is 0 Å². The second-order valence-electron chi connectivity index (χ2n) is 31.7. The molecule has 18 heteroatoms. The highest BCUT2D eigenvalue weighted by Gasteiger charge is 2.59. The average molecular weight is 1130 g/mol. The number of nitrogens with zero attached hydrogens (tertiary/aromatic N) is 2. The maximum absolute atomic E-state index is 5.84. The molecule has 0 aromatic heterocycles. The summed E-state index contributed by atoms with van der Waals surface area (Å²) in [6.45, 7) is 0. The molecule has 16 bridgehead atoms. The summed E-state index contributed by atoms with van der Waals surface area (Å²) in [5.41, 5.74) is 0. The molecule has 0 aromatic rings. The molecule has 18 aliphatic rings. The summed E-state index contributed by atoms with van der Waals surface area (Å²) < 4.78 is 0. The van der Waals surface area contributed by atoms with Gasteiger partial charge in [-0.1, -0.05) is 89.9 Å². The van der Waals surface area contributed by atoms with Gasteiger partial charge in [-0.15, -0.1) is 0 Å². The zero-order valence-corrected chi connectivity index (χ0v) is 49.7. The van der Waals surface area contributed by atoms with Gasteiger partial charge in [-0.05, 0) is 186 Å². The summed E-state index contributed by atoms with van der Waals surface area (Å²) in [4.78, 5) is 0. The first-order chi connectivity index (χ1) is 40.6. The molecule has 10 heterocycles. The third-order valence-corrected chi connectivity index (χ3v) is 28.1. The van der Waals surface area contributed by atoms with E-state index in [1.165, 1.54) is 180 Å². The molecule has 34 unspecified atom stereocenters. The van der Waals surface area contributed by atoms with Crippen molar-refractivity contribution in [1.29, 1.82) is 0 Å². The molecule has 0 aromatic carbocycles. The van der Waals surface area contributed by atoms with Crippen LogP contribution in [0.4, 0.5) is 0 Å². The van der Waals surface area contributed by atoms with Crippen LogP contribution in [0.25, 0.3) is 0 Å². The summed E-state index contributed by atoms with van der Waals surface area (Å²) in [6, 6.07) is 0.399. The molecule has 8 aliphatic carbocycles. The summed E-state index contributed by atoms with van der Waals surface area (Å²) in [7, 11) is 0. The van der Waals surface area contributed by atoms with Crippen molar-refractivity contribution in [3.63, 3.8) is 0 Å². The van der Waals surface area contributed by atoms with Crippen molar-refractivity contribution in [1.82, 2.24) is 85.1 Å². The van der Waals surface area contributed by atoms with Gasteiger partial charge in [-0.25, -0.2) is 0 Å². The van der Waals surface area contributed by atoms with Crippen molar-refractivity contribution in [2.45, 2.75) is 303 Å². The molecule has 18 fully saturated rings. The molecule has 18 nitrogen and oxygen atoms in total. The van der Waals surface area contributed by atoms with Crippen LogP contribution < -0.4 is 85.1 Å². The second-order valence-corrected chi connectivity index (χ2v) is 31.7. The van der Waals surface area contributed by atoms with E-state index in [2.05, 4.69) is 85.1 Å². The van der Waals surface area contributed by atoms with Crippen molar-refractivity contribution >= 4 is 0 Å². The number of nitrogens with one attached hydrogen (secondary N) is 16. The monoisotopic (exact) mass is 1130 g/mol. The molecular formula is C64H110N18. The lowest BCUT2D eigenvalue weighted by molar-refractivity contribution is 0.142. The van der Waals surface area contributed by atoms with Gasteiger partial charge < -0.3 is 0 Å². The van der Waals surface area contributed by atoms with E-state index >= 15 is 0 Å². The second kappa shape index (κ2) is 22.5. The summed E-state index contributed by atoms with van der Waals surface area (Å²) >= 11 is 0. The predicted molar refractivity (Wildman–Crippen MR) is 318 cm³/mol. The van der Waals surface area contributed by atoms with E-state index in [1.54, 1.807) is 0 Å². The lowest BCUT2D eigenvalue weighted by Crippen LogP contribution is -2.62. The van der Waals surface area contributed by atoms with Gasteiger partial charge in [0.1, 0.15) is 0 Å². The van der Waals surface area contributed by atoms with E-state index in [1.807, 2.05) is 0 Å². The molecule has 10 saturated heterocycles. The van der Waals surface area contributed by atoms with Crippen LogP contribution in [0.1, 0.15) is 193 Å². The molecule has 456 valence electrons. The Morgan fingerprint density at radius 2 is 0.293 bits per heavy atom. The van der Waals surface area contributed by atoms with Crippen LogP contribution in [0.2, 0.25) is 0 Å². The quantitative estimate of drug-likeness (QED) is 0.170. The Labute approximate surface area is 491 Å². The van der Waals surface area contributed by atoms with Gasteiger partial charge in [0.2, 0.25) is 0 Å². The van der Waals surface area contributed by atoms with E-state index in [-0.39, 0.29) is 49.1 Å². The van der Waals surface area contributed by atoms with E-state index in [4.69, 9.17) is 10.2 Å². The van der Waals surface area contributed by atoms with Crippen molar-refractivity contribution in [2.75, 3.05) is 0 Å². The fourth-order valence-corrected chi connectivity index (χ4v) is 24.5. The Morgan fingerprint density at radius 3 is 0.476 bits per heavy atom. The highest BCUT2D eigenvalue weighted by atomic mass is 15.4. The average Bonchev–Trinajstić information content (AvgIpc) is 4.56. The van der Waals surface area contributed by atoms with Gasteiger partial charge in [0, 0.05) is 11.8 Å². The molecule has 18 rings (SSSR count). The van der Waals surface area contributed by atoms with Gasteiger partial charge in [-0.3, -0.25) is 85.1 Å². The minimum Gasteiger partial charge on any atom is -0.286 e. The first kappa shape index (κ1) is 53.9. The van der Waals surface area contributed by atoms with Crippen molar-refractivity contribution in [3.8, 4) is 0 Å². The predicted octanol–water partition coefficient (Wildman–Crippen LogP) is 4.63. The van der Waals surface area contributed by atoms with Crippen LogP contribution in [-0.4, -0.2) is 111 Å². The summed E-state index contributed by atoms with van der Waals surface area (Å²) in [6.07, 6.45) is 44.4. The van der Waals surface area contributed by atoms with E-state index in [9.17, 15) is 0 Å². The number of hydrogen-bond donors (Lipinski definition) is 16. The largest absolute Gasteiger partial charge is 0.286 e. The fourth-order valence-electron chi connectivity index (χ4n) is 24.5. The van der Waals surface area contributed by atoms with Crippen LogP contribution in [0.15, 0.2) is 10.2 Å². The SMILES string of the molecule is C1CCC2C3NC(NC4NC(NC5NC(NC6NC(N3)C3CCCCC63)C3C(N=NC6CCCC7C8NC9NC(NC%10NC(NC%11NC(NC(N8)C67)C6CCCCC%116)C6CCCCC%106)C6CCCCC96)CCCC53)C3CCCCC43)C2C1. The lowest BCUT2D eigenvalue weighted by atomic mass is 9.74. The summed E-state index contributed by atoms with van der Waals surface area (Å²) in [5.74, 6) is 9.75. The van der Waals surface area contributed by atoms with Gasteiger partial charge in [0.05, 0.1) is 111 Å². The normalized spacial score (nSPS) is 58.6. The molecule has 82 heavy (non-hydrogen) atoms. The molecule has 0 spiro atoms. The van der Waals surface area contributed by atoms with Crippen molar-refractivity contribution in [2.24, 2.45) is 105 Å². The Kier molecular flexibility index (Phi) is 14.8. The molecule has 10 aliphatic heterocycles. The number of rotatable bonds is 2. The number of azo groups is 1. The highest BCUT2D eigenvalue weighted by molar-refractivity contribution is 5.13. The lowest BCUT2D eigenvalue weighted by Gasteiger charge is -2.39. The molecular weight excluding hydrogens is 1020 g/mol. The maximum atomic E-state index is 5.84. The zero-order valence-electron chi connectivity index (χ0n) is 49.7. The van der Waals surface area contributed by atoms with Crippen LogP contribution in [0, 0.1) is 94.7 Å². The van der Waals surface area contributed by atoms with Crippen molar-refractivity contribution in [3.05, 3.63) is 0 Å². The molecule has 0 radical (unpaired) electrons. The number of fused-ring (bicyclic) bond motifs is 40. The minimum atomic E-state index is 0.174. The van der Waals surface area contributed by atoms with Gasteiger partial charge in [-0.2, -0.15) is 10.2 Å². The zero-order chi connectivity index (χ0) is 53.6. The Hall–Kier alpha value is -1.04. The third-order valence-electron chi connectivity index (χ3n) is 28.1. The van der Waals surface area contributed by atoms with Crippen molar-refractivity contribution < 1.29 is 0 Å². The smallest absolute Gasteiger partial charge is 0.0767 e. The van der Waals surface area contributed by atoms with Gasteiger partial charge in [0.15, 0.2) is 0 Å². The summed E-state index contributed by atoms with van der Waals surface area (Å²) in [5, 5.41) is 81.8. The Bertz CT molecular complexity index is 2120. The van der Waals surface area contributed by atoms with E-state index in [0.29, 0.717) is 156 Å². The molecule has 8 saturated carbocycles. The van der Waals surface area contributed by atoms with Crippen LogP contribution >= 0.6 is 0 Å². The third kappa shape index (κ3) is 9.40. The fraction of sp³-hybridized carbons (Fsp3) is 1.00. The number of hydrogen-bond acceptors (Lipinski definition) is 18. The first-order valence-corrected chi connectivity index (χ1v) is 36.2. The Balaban J connectivity index is 0.650. The molecule has 34 atom stereocenters. The topological polar surface area (TPSA) is 217 Å². The maximum Gasteiger partial charge on any atom is 0.0767 e. The Morgan fingerprint density at radius 1 is 0.146 bits per heavy atom. The highest BCUT2D eigenvalue weighted by Crippen LogP contribution is 2.50. The van der Waals surface area contributed by atoms with Crippen LogP contribution in [0.3, 0.4) is 0 Å². The molecule has 16 N–H and O–H groups in total. The van der Waals surface area contributed by atoms with E-state index < -0.39 is 0 Å².